The van der Waals surface area contributed by atoms with Crippen LogP contribution in [0.5, 0.6) is 0 Å². The fourth-order valence-corrected chi connectivity index (χ4v) is 1.93. The molecule has 2 aromatic heterocycles. The second-order valence-electron chi connectivity index (χ2n) is 5.12. The van der Waals surface area contributed by atoms with Crippen LogP contribution in [0.15, 0.2) is 29.5 Å². The van der Waals surface area contributed by atoms with E-state index in [9.17, 15) is 9.90 Å². The Morgan fingerprint density at radius 3 is 2.89 bits per heavy atom. The van der Waals surface area contributed by atoms with Crippen LogP contribution >= 0.6 is 0 Å². The van der Waals surface area contributed by atoms with Crippen LogP contribution in [0.1, 0.15) is 13.8 Å². The average molecular weight is 264 g/mol. The van der Waals surface area contributed by atoms with Gasteiger partial charge in [-0.2, -0.15) is 5.10 Å². The first-order chi connectivity index (χ1) is 9.08. The van der Waals surface area contributed by atoms with Gasteiger partial charge in [0.1, 0.15) is 5.52 Å². The van der Waals surface area contributed by atoms with Gasteiger partial charge in [-0.3, -0.25) is 4.79 Å². The molecule has 0 saturated carbocycles. The van der Waals surface area contributed by atoms with Crippen LogP contribution in [0.25, 0.3) is 5.52 Å². The van der Waals surface area contributed by atoms with Gasteiger partial charge in [0.15, 0.2) is 0 Å². The summed E-state index contributed by atoms with van der Waals surface area (Å²) in [5, 5.41) is 17.1. The average Bonchev–Trinajstić information content (AvgIpc) is 2.81. The summed E-state index contributed by atoms with van der Waals surface area (Å²) in [7, 11) is 0. The number of aromatic nitrogens is 3. The van der Waals surface area contributed by atoms with Crippen molar-refractivity contribution in [2.24, 2.45) is 5.92 Å². The van der Waals surface area contributed by atoms with Crippen LogP contribution in [-0.2, 0) is 6.54 Å². The molecule has 2 aromatic rings. The molecule has 0 saturated heterocycles. The Hall–Kier alpha value is -1.66. The van der Waals surface area contributed by atoms with Crippen molar-refractivity contribution in [1.82, 2.24) is 19.5 Å². The Balaban J connectivity index is 2.00. The lowest BCUT2D eigenvalue weighted by Crippen LogP contribution is -2.35. The third kappa shape index (κ3) is 3.42. The number of rotatable bonds is 6. The van der Waals surface area contributed by atoms with Gasteiger partial charge in [0.2, 0.25) is 0 Å². The minimum absolute atomic E-state index is 0.136. The largest absolute Gasteiger partial charge is 0.390 e. The Morgan fingerprint density at radius 2 is 2.16 bits per heavy atom. The summed E-state index contributed by atoms with van der Waals surface area (Å²) in [6, 6.07) is 1.67. The molecule has 0 aliphatic heterocycles. The third-order valence-corrected chi connectivity index (χ3v) is 2.88. The first kappa shape index (κ1) is 13.8. The van der Waals surface area contributed by atoms with Crippen molar-refractivity contribution >= 4 is 5.52 Å². The molecule has 0 fully saturated rings. The Kier molecular flexibility index (Phi) is 4.34. The summed E-state index contributed by atoms with van der Waals surface area (Å²) in [6.45, 7) is 5.84. The molecule has 0 aromatic carbocycles. The minimum Gasteiger partial charge on any atom is -0.390 e. The monoisotopic (exact) mass is 264 g/mol. The fraction of sp³-hybridized carbons (Fsp3) is 0.538. The molecule has 19 heavy (non-hydrogen) atoms. The van der Waals surface area contributed by atoms with E-state index in [-0.39, 0.29) is 12.1 Å². The first-order valence-electron chi connectivity index (χ1n) is 6.49. The molecule has 1 atom stereocenters. The maximum atomic E-state index is 12.1. The van der Waals surface area contributed by atoms with Crippen molar-refractivity contribution in [3.63, 3.8) is 0 Å². The molecule has 0 aliphatic carbocycles. The SMILES string of the molecule is CC(C)CNCC(O)Cn1ccn2nccc2c1=O. The fourth-order valence-electron chi connectivity index (χ4n) is 1.93. The number of nitrogens with zero attached hydrogens (tertiary/aromatic N) is 3. The van der Waals surface area contributed by atoms with E-state index < -0.39 is 6.10 Å². The predicted molar refractivity (Wildman–Crippen MR) is 73.2 cm³/mol. The second kappa shape index (κ2) is 5.99. The predicted octanol–water partition coefficient (Wildman–Crippen LogP) is 0.102. The summed E-state index contributed by atoms with van der Waals surface area (Å²) < 4.78 is 3.04. The summed E-state index contributed by atoms with van der Waals surface area (Å²) in [5.74, 6) is 0.540. The standard InChI is InChI=1S/C13H20N4O2/c1-10(2)7-14-8-11(18)9-16-5-6-17-12(13(16)19)3-4-15-17/h3-6,10-11,14,18H,7-9H2,1-2H3. The van der Waals surface area contributed by atoms with Gasteiger partial charge in [0, 0.05) is 18.9 Å². The molecular weight excluding hydrogens is 244 g/mol. The molecule has 0 bridgehead atoms. The van der Waals surface area contributed by atoms with Gasteiger partial charge >= 0.3 is 0 Å². The maximum absolute atomic E-state index is 12.1. The lowest BCUT2D eigenvalue weighted by molar-refractivity contribution is 0.149. The van der Waals surface area contributed by atoms with Crippen LogP contribution in [0, 0.1) is 5.92 Å². The van der Waals surface area contributed by atoms with Crippen molar-refractivity contribution in [2.75, 3.05) is 13.1 Å². The first-order valence-corrected chi connectivity index (χ1v) is 6.49. The molecule has 6 heteroatoms. The highest BCUT2D eigenvalue weighted by atomic mass is 16.3. The quantitative estimate of drug-likeness (QED) is 0.776. The topological polar surface area (TPSA) is 71.6 Å². The number of hydrogen-bond acceptors (Lipinski definition) is 4. The zero-order valence-corrected chi connectivity index (χ0v) is 11.3. The second-order valence-corrected chi connectivity index (χ2v) is 5.12. The van der Waals surface area contributed by atoms with Gasteiger partial charge in [-0.1, -0.05) is 13.8 Å². The summed E-state index contributed by atoms with van der Waals surface area (Å²) >= 11 is 0. The Morgan fingerprint density at radius 1 is 1.37 bits per heavy atom. The highest BCUT2D eigenvalue weighted by Gasteiger charge is 2.08. The molecular formula is C13H20N4O2. The molecule has 0 aliphatic rings. The molecule has 0 radical (unpaired) electrons. The van der Waals surface area contributed by atoms with E-state index >= 15 is 0 Å². The lowest BCUT2D eigenvalue weighted by Gasteiger charge is -2.14. The molecule has 104 valence electrons. The lowest BCUT2D eigenvalue weighted by atomic mass is 10.2. The molecule has 0 spiro atoms. The van der Waals surface area contributed by atoms with E-state index in [1.165, 1.54) is 9.08 Å². The Bertz CT molecular complexity index is 588. The van der Waals surface area contributed by atoms with E-state index in [4.69, 9.17) is 0 Å². The maximum Gasteiger partial charge on any atom is 0.276 e. The molecule has 2 rings (SSSR count). The van der Waals surface area contributed by atoms with Crippen LogP contribution < -0.4 is 10.9 Å². The van der Waals surface area contributed by atoms with Gasteiger partial charge in [-0.25, -0.2) is 4.52 Å². The number of hydrogen-bond donors (Lipinski definition) is 2. The van der Waals surface area contributed by atoms with Crippen molar-refractivity contribution in [3.05, 3.63) is 35.0 Å². The van der Waals surface area contributed by atoms with E-state index in [1.807, 2.05) is 0 Å². The summed E-state index contributed by atoms with van der Waals surface area (Å²) in [6.07, 6.45) is 4.36. The number of fused-ring (bicyclic) bond motifs is 1. The summed E-state index contributed by atoms with van der Waals surface area (Å²) in [5.41, 5.74) is 0.382. The zero-order valence-electron chi connectivity index (χ0n) is 11.3. The number of aliphatic hydroxyl groups excluding tert-OH is 1. The zero-order chi connectivity index (χ0) is 13.8. The Labute approximate surface area is 111 Å². The molecule has 2 heterocycles. The van der Waals surface area contributed by atoms with E-state index in [0.29, 0.717) is 18.0 Å². The van der Waals surface area contributed by atoms with Crippen molar-refractivity contribution in [3.8, 4) is 0 Å². The molecule has 2 N–H and O–H groups in total. The van der Waals surface area contributed by atoms with Crippen molar-refractivity contribution in [2.45, 2.75) is 26.5 Å². The number of nitrogens with one attached hydrogen (secondary N) is 1. The normalized spacial score (nSPS) is 13.3. The molecule has 6 nitrogen and oxygen atoms in total. The van der Waals surface area contributed by atoms with E-state index in [2.05, 4.69) is 24.3 Å². The van der Waals surface area contributed by atoms with E-state index in [1.54, 1.807) is 24.7 Å². The highest BCUT2D eigenvalue weighted by molar-refractivity contribution is 5.42. The van der Waals surface area contributed by atoms with Crippen LogP contribution in [0.4, 0.5) is 0 Å². The van der Waals surface area contributed by atoms with Gasteiger partial charge in [0.25, 0.3) is 5.56 Å². The number of aliphatic hydroxyl groups is 1. The third-order valence-electron chi connectivity index (χ3n) is 2.88. The van der Waals surface area contributed by atoms with Crippen molar-refractivity contribution < 1.29 is 5.11 Å². The molecule has 1 unspecified atom stereocenters. The van der Waals surface area contributed by atoms with Gasteiger partial charge in [0.05, 0.1) is 18.8 Å². The van der Waals surface area contributed by atoms with Crippen LogP contribution in [-0.4, -0.2) is 38.5 Å². The van der Waals surface area contributed by atoms with Gasteiger partial charge in [-0.15, -0.1) is 0 Å². The van der Waals surface area contributed by atoms with Crippen LogP contribution in [0.3, 0.4) is 0 Å². The highest BCUT2D eigenvalue weighted by Crippen LogP contribution is 1.96. The smallest absolute Gasteiger partial charge is 0.276 e. The van der Waals surface area contributed by atoms with Crippen LogP contribution in [0.2, 0.25) is 0 Å². The molecule has 0 amide bonds. The van der Waals surface area contributed by atoms with Gasteiger partial charge in [-0.05, 0) is 18.5 Å². The summed E-state index contributed by atoms with van der Waals surface area (Å²) in [4.78, 5) is 12.1. The van der Waals surface area contributed by atoms with Crippen molar-refractivity contribution in [1.29, 1.82) is 0 Å². The minimum atomic E-state index is -0.582. The van der Waals surface area contributed by atoms with Gasteiger partial charge < -0.3 is 15.0 Å². The van der Waals surface area contributed by atoms with E-state index in [0.717, 1.165) is 6.54 Å².